The van der Waals surface area contributed by atoms with Crippen molar-refractivity contribution < 1.29 is 4.74 Å². The monoisotopic (exact) mass is 286 g/mol. The minimum atomic E-state index is 0.702. The van der Waals surface area contributed by atoms with E-state index in [9.17, 15) is 0 Å². The number of fused-ring (bicyclic) bond motifs is 1. The number of H-pyrrole nitrogens is 1. The maximum atomic E-state index is 5.99. The highest BCUT2D eigenvalue weighted by Crippen LogP contribution is 2.25. The van der Waals surface area contributed by atoms with Crippen molar-refractivity contribution in [1.29, 1.82) is 0 Å². The smallest absolute Gasteiger partial charge is 0.138 e. The normalized spacial score (nSPS) is 10.9. The molecule has 1 N–H and O–H groups in total. The molecule has 3 nitrogen and oxygen atoms in total. The number of imidazole rings is 1. The average Bonchev–Trinajstić information content (AvgIpc) is 2.88. The van der Waals surface area contributed by atoms with Crippen LogP contribution in [0.4, 0.5) is 0 Å². The number of benzene rings is 2. The van der Waals surface area contributed by atoms with Crippen LogP contribution in [0.2, 0.25) is 5.02 Å². The van der Waals surface area contributed by atoms with Crippen LogP contribution in [0, 0.1) is 0 Å². The van der Waals surface area contributed by atoms with Crippen LogP contribution in [0.3, 0.4) is 0 Å². The summed E-state index contributed by atoms with van der Waals surface area (Å²) < 4.78 is 5.65. The number of rotatable bonds is 4. The van der Waals surface area contributed by atoms with Gasteiger partial charge in [-0.3, -0.25) is 0 Å². The van der Waals surface area contributed by atoms with Gasteiger partial charge in [-0.25, -0.2) is 4.98 Å². The molecule has 3 rings (SSSR count). The lowest BCUT2D eigenvalue weighted by Gasteiger charge is -2.05. The number of halogens is 1. The molecule has 3 aromatic rings. The maximum Gasteiger partial charge on any atom is 0.138 e. The molecule has 0 saturated heterocycles. The molecular formula is C16H15ClN2O. The summed E-state index contributed by atoms with van der Waals surface area (Å²) in [5.41, 5.74) is 2.85. The lowest BCUT2D eigenvalue weighted by Crippen LogP contribution is -1.94. The summed E-state index contributed by atoms with van der Waals surface area (Å²) >= 11 is 5.99. The summed E-state index contributed by atoms with van der Waals surface area (Å²) in [6.07, 6.45) is 0.993. The van der Waals surface area contributed by atoms with Crippen LogP contribution in [0.5, 0.6) is 5.75 Å². The van der Waals surface area contributed by atoms with Gasteiger partial charge in [0.15, 0.2) is 0 Å². The number of aromatic nitrogens is 2. The quantitative estimate of drug-likeness (QED) is 0.756. The van der Waals surface area contributed by atoms with Crippen LogP contribution in [0.1, 0.15) is 13.3 Å². The van der Waals surface area contributed by atoms with Crippen molar-refractivity contribution in [3.05, 3.63) is 47.5 Å². The van der Waals surface area contributed by atoms with E-state index in [1.54, 1.807) is 0 Å². The topological polar surface area (TPSA) is 37.9 Å². The van der Waals surface area contributed by atoms with Gasteiger partial charge in [0.05, 0.1) is 17.6 Å². The Morgan fingerprint density at radius 2 is 2.10 bits per heavy atom. The number of ether oxygens (including phenoxy) is 1. The molecule has 0 bridgehead atoms. The first-order valence-corrected chi connectivity index (χ1v) is 7.02. The Labute approximate surface area is 122 Å². The van der Waals surface area contributed by atoms with Gasteiger partial charge in [0, 0.05) is 10.6 Å². The summed E-state index contributed by atoms with van der Waals surface area (Å²) in [5, 5.41) is 0.702. The predicted molar refractivity (Wildman–Crippen MR) is 82.3 cm³/mol. The van der Waals surface area contributed by atoms with Crippen molar-refractivity contribution in [2.75, 3.05) is 6.61 Å². The largest absolute Gasteiger partial charge is 0.494 e. The first-order chi connectivity index (χ1) is 9.76. The summed E-state index contributed by atoms with van der Waals surface area (Å²) in [4.78, 5) is 7.86. The molecule has 1 heterocycles. The Balaban J connectivity index is 1.97. The molecule has 2 aromatic carbocycles. The molecule has 102 valence electrons. The van der Waals surface area contributed by atoms with Crippen LogP contribution in [-0.4, -0.2) is 16.6 Å². The second-order valence-electron chi connectivity index (χ2n) is 4.62. The summed E-state index contributed by atoms with van der Waals surface area (Å²) in [7, 11) is 0. The Kier molecular flexibility index (Phi) is 3.61. The molecule has 0 spiro atoms. The summed E-state index contributed by atoms with van der Waals surface area (Å²) in [6, 6.07) is 13.6. The van der Waals surface area contributed by atoms with Gasteiger partial charge in [0.25, 0.3) is 0 Å². The number of nitrogens with one attached hydrogen (secondary N) is 1. The van der Waals surface area contributed by atoms with E-state index in [1.165, 1.54) is 0 Å². The van der Waals surface area contributed by atoms with Crippen molar-refractivity contribution in [3.8, 4) is 17.1 Å². The molecule has 0 atom stereocenters. The van der Waals surface area contributed by atoms with E-state index in [1.807, 2.05) is 42.5 Å². The predicted octanol–water partition coefficient (Wildman–Crippen LogP) is 4.67. The molecule has 0 unspecified atom stereocenters. The third-order valence-corrected chi connectivity index (χ3v) is 3.26. The van der Waals surface area contributed by atoms with E-state index in [0.29, 0.717) is 5.02 Å². The molecular weight excluding hydrogens is 272 g/mol. The van der Waals surface area contributed by atoms with E-state index in [0.717, 1.165) is 41.2 Å². The van der Waals surface area contributed by atoms with Gasteiger partial charge >= 0.3 is 0 Å². The van der Waals surface area contributed by atoms with Gasteiger partial charge < -0.3 is 9.72 Å². The van der Waals surface area contributed by atoms with Crippen molar-refractivity contribution >= 4 is 22.6 Å². The van der Waals surface area contributed by atoms with E-state index in [2.05, 4.69) is 16.9 Å². The zero-order valence-corrected chi connectivity index (χ0v) is 11.9. The van der Waals surface area contributed by atoms with Gasteiger partial charge in [0.2, 0.25) is 0 Å². The third kappa shape index (κ3) is 2.63. The molecule has 0 aliphatic heterocycles. The zero-order valence-electron chi connectivity index (χ0n) is 11.2. The van der Waals surface area contributed by atoms with Gasteiger partial charge in [0.1, 0.15) is 11.6 Å². The van der Waals surface area contributed by atoms with E-state index in [4.69, 9.17) is 16.3 Å². The highest BCUT2D eigenvalue weighted by atomic mass is 35.5. The van der Waals surface area contributed by atoms with Gasteiger partial charge in [-0.1, -0.05) is 30.7 Å². The Hall–Kier alpha value is -2.00. The number of hydrogen-bond donors (Lipinski definition) is 1. The van der Waals surface area contributed by atoms with Gasteiger partial charge in [-0.05, 0) is 36.8 Å². The second kappa shape index (κ2) is 5.55. The Morgan fingerprint density at radius 1 is 1.20 bits per heavy atom. The lowest BCUT2D eigenvalue weighted by molar-refractivity contribution is 0.317. The molecule has 20 heavy (non-hydrogen) atoms. The fourth-order valence-electron chi connectivity index (χ4n) is 2.07. The zero-order chi connectivity index (χ0) is 13.9. The number of aromatic amines is 1. The Bertz CT molecular complexity index is 736. The first-order valence-electron chi connectivity index (χ1n) is 6.65. The SMILES string of the molecule is CCCOc1cccc(-c2nc3ccc(Cl)cc3[nH]2)c1. The van der Waals surface area contributed by atoms with Crippen molar-refractivity contribution in [2.45, 2.75) is 13.3 Å². The third-order valence-electron chi connectivity index (χ3n) is 3.02. The Morgan fingerprint density at radius 3 is 2.95 bits per heavy atom. The molecule has 0 saturated carbocycles. The summed E-state index contributed by atoms with van der Waals surface area (Å²) in [5.74, 6) is 1.69. The average molecular weight is 287 g/mol. The molecule has 0 fully saturated rings. The van der Waals surface area contributed by atoms with Crippen molar-refractivity contribution in [2.24, 2.45) is 0 Å². The molecule has 0 aliphatic carbocycles. The second-order valence-corrected chi connectivity index (χ2v) is 5.06. The standard InChI is InChI=1S/C16H15ClN2O/c1-2-8-20-13-5-3-4-11(9-13)16-18-14-7-6-12(17)10-15(14)19-16/h3-7,9-10H,2,8H2,1H3,(H,18,19). The van der Waals surface area contributed by atoms with Crippen LogP contribution >= 0.6 is 11.6 Å². The van der Waals surface area contributed by atoms with Crippen LogP contribution in [0.25, 0.3) is 22.4 Å². The molecule has 0 radical (unpaired) electrons. The van der Waals surface area contributed by atoms with E-state index in [-0.39, 0.29) is 0 Å². The lowest BCUT2D eigenvalue weighted by atomic mass is 10.2. The van der Waals surface area contributed by atoms with Crippen LogP contribution < -0.4 is 4.74 Å². The molecule has 0 aliphatic rings. The fraction of sp³-hybridized carbons (Fsp3) is 0.188. The van der Waals surface area contributed by atoms with Gasteiger partial charge in [-0.15, -0.1) is 0 Å². The molecule has 0 amide bonds. The fourth-order valence-corrected chi connectivity index (χ4v) is 2.24. The summed E-state index contributed by atoms with van der Waals surface area (Å²) in [6.45, 7) is 2.81. The van der Waals surface area contributed by atoms with Crippen LogP contribution in [-0.2, 0) is 0 Å². The minimum Gasteiger partial charge on any atom is -0.494 e. The highest BCUT2D eigenvalue weighted by Gasteiger charge is 2.06. The molecule has 1 aromatic heterocycles. The minimum absolute atomic E-state index is 0.702. The molecule has 4 heteroatoms. The number of nitrogens with zero attached hydrogens (tertiary/aromatic N) is 1. The van der Waals surface area contributed by atoms with Crippen molar-refractivity contribution in [3.63, 3.8) is 0 Å². The number of hydrogen-bond acceptors (Lipinski definition) is 2. The first kappa shape index (κ1) is 13.0. The van der Waals surface area contributed by atoms with Crippen LogP contribution in [0.15, 0.2) is 42.5 Å². The highest BCUT2D eigenvalue weighted by molar-refractivity contribution is 6.31. The van der Waals surface area contributed by atoms with E-state index < -0.39 is 0 Å². The maximum absolute atomic E-state index is 5.99. The van der Waals surface area contributed by atoms with Crippen molar-refractivity contribution in [1.82, 2.24) is 9.97 Å². The van der Waals surface area contributed by atoms with Gasteiger partial charge in [-0.2, -0.15) is 0 Å². The van der Waals surface area contributed by atoms with E-state index >= 15 is 0 Å².